The van der Waals surface area contributed by atoms with Crippen molar-refractivity contribution < 1.29 is 9.59 Å². The van der Waals surface area contributed by atoms with Crippen LogP contribution in [0.2, 0.25) is 0 Å². The van der Waals surface area contributed by atoms with Gasteiger partial charge in [0.2, 0.25) is 0 Å². The summed E-state index contributed by atoms with van der Waals surface area (Å²) in [4.78, 5) is 49.0. The van der Waals surface area contributed by atoms with Crippen molar-refractivity contribution in [2.75, 3.05) is 13.1 Å². The van der Waals surface area contributed by atoms with Crippen molar-refractivity contribution in [2.24, 2.45) is 0 Å². The Bertz CT molecular complexity index is 1190. The van der Waals surface area contributed by atoms with E-state index in [0.717, 1.165) is 28.4 Å². The Morgan fingerprint density at radius 2 is 1.60 bits per heavy atom. The van der Waals surface area contributed by atoms with Gasteiger partial charge in [-0.15, -0.1) is 11.3 Å². The van der Waals surface area contributed by atoms with Crippen molar-refractivity contribution in [1.82, 2.24) is 19.4 Å². The predicted molar refractivity (Wildman–Crippen MR) is 117 cm³/mol. The third-order valence-corrected chi connectivity index (χ3v) is 6.89. The van der Waals surface area contributed by atoms with Gasteiger partial charge in [-0.05, 0) is 44.6 Å². The Labute approximate surface area is 178 Å². The van der Waals surface area contributed by atoms with Crippen LogP contribution in [0.5, 0.6) is 0 Å². The molecule has 8 heteroatoms. The summed E-state index contributed by atoms with van der Waals surface area (Å²) in [5.41, 5.74) is 1.44. The molecule has 156 valence electrons. The number of aryl methyl sites for hydroxylation is 2. The van der Waals surface area contributed by atoms with Crippen LogP contribution in [-0.2, 0) is 13.2 Å². The van der Waals surface area contributed by atoms with Gasteiger partial charge in [-0.3, -0.25) is 28.8 Å². The van der Waals surface area contributed by atoms with Gasteiger partial charge in [-0.1, -0.05) is 26.0 Å². The highest BCUT2D eigenvalue weighted by atomic mass is 32.1. The number of carbonyl (C=O) groups is 2. The van der Waals surface area contributed by atoms with Crippen LogP contribution in [0.15, 0.2) is 29.1 Å². The molecule has 0 N–H and O–H groups in total. The summed E-state index contributed by atoms with van der Waals surface area (Å²) in [7, 11) is 0. The van der Waals surface area contributed by atoms with Crippen LogP contribution in [-0.4, -0.2) is 44.3 Å². The first kappa shape index (κ1) is 20.4. The first-order valence-electron chi connectivity index (χ1n) is 10.0. The van der Waals surface area contributed by atoms with Gasteiger partial charge >= 0.3 is 0 Å². The second kappa shape index (κ2) is 7.77. The lowest BCUT2D eigenvalue weighted by Crippen LogP contribution is -2.39. The van der Waals surface area contributed by atoms with E-state index >= 15 is 0 Å². The molecule has 0 spiro atoms. The monoisotopic (exact) mass is 424 g/mol. The fourth-order valence-electron chi connectivity index (χ4n) is 3.79. The van der Waals surface area contributed by atoms with E-state index in [4.69, 9.17) is 4.98 Å². The van der Waals surface area contributed by atoms with E-state index < -0.39 is 0 Å². The standard InChI is InChI=1S/C22H24N4O3S/c1-5-24(6-2)11-17-23-19-18(13(3)14(4)30-19)22(29)25(17)12-26-20(27)15-9-7-8-10-16(15)21(26)28/h7-10H,5-6,11-12H2,1-4H3. The molecule has 30 heavy (non-hydrogen) atoms. The zero-order chi connectivity index (χ0) is 21.6. The van der Waals surface area contributed by atoms with Crippen molar-refractivity contribution in [3.05, 3.63) is 62.0 Å². The molecule has 4 rings (SSSR count). The summed E-state index contributed by atoms with van der Waals surface area (Å²) in [6, 6.07) is 6.75. The van der Waals surface area contributed by atoms with Gasteiger partial charge in [0, 0.05) is 4.88 Å². The molecule has 0 saturated heterocycles. The lowest BCUT2D eigenvalue weighted by atomic mass is 10.1. The molecule has 2 aromatic heterocycles. The minimum absolute atomic E-state index is 0.140. The summed E-state index contributed by atoms with van der Waals surface area (Å²) < 4.78 is 1.49. The number of fused-ring (bicyclic) bond motifs is 2. The maximum Gasteiger partial charge on any atom is 0.264 e. The molecule has 0 aliphatic carbocycles. The van der Waals surface area contributed by atoms with E-state index in [-0.39, 0.29) is 24.0 Å². The number of hydrogen-bond acceptors (Lipinski definition) is 6. The number of imide groups is 1. The normalized spacial score (nSPS) is 13.7. The third kappa shape index (κ3) is 3.16. The van der Waals surface area contributed by atoms with Crippen LogP contribution in [0.1, 0.15) is 50.8 Å². The Morgan fingerprint density at radius 1 is 1.00 bits per heavy atom. The van der Waals surface area contributed by atoms with Gasteiger partial charge in [0.05, 0.1) is 23.1 Å². The Morgan fingerprint density at radius 3 is 2.17 bits per heavy atom. The molecule has 0 fully saturated rings. The summed E-state index contributed by atoms with van der Waals surface area (Å²) in [5, 5.41) is 0.567. The van der Waals surface area contributed by atoms with Crippen molar-refractivity contribution in [1.29, 1.82) is 0 Å². The van der Waals surface area contributed by atoms with E-state index in [2.05, 4.69) is 4.90 Å². The summed E-state index contributed by atoms with van der Waals surface area (Å²) >= 11 is 1.50. The summed E-state index contributed by atoms with van der Waals surface area (Å²) in [6.07, 6.45) is 0. The second-order valence-electron chi connectivity index (χ2n) is 7.41. The van der Waals surface area contributed by atoms with Gasteiger partial charge in [0.25, 0.3) is 17.4 Å². The molecule has 7 nitrogen and oxygen atoms in total. The average Bonchev–Trinajstić information content (AvgIpc) is 3.16. The van der Waals surface area contributed by atoms with Crippen LogP contribution in [0.4, 0.5) is 0 Å². The van der Waals surface area contributed by atoms with Gasteiger partial charge < -0.3 is 0 Å². The first-order valence-corrected chi connectivity index (χ1v) is 10.9. The quantitative estimate of drug-likeness (QED) is 0.568. The number of rotatable bonds is 6. The van der Waals surface area contributed by atoms with Gasteiger partial charge in [-0.25, -0.2) is 4.98 Å². The van der Waals surface area contributed by atoms with Gasteiger partial charge in [0.1, 0.15) is 17.3 Å². The summed E-state index contributed by atoms with van der Waals surface area (Å²) in [6.45, 7) is 9.92. The maximum atomic E-state index is 13.5. The number of benzene rings is 1. The van der Waals surface area contributed by atoms with E-state index in [1.54, 1.807) is 24.3 Å². The molecule has 0 unspecified atom stereocenters. The lowest BCUT2D eigenvalue weighted by molar-refractivity contribution is 0.0600. The fraction of sp³-hybridized carbons (Fsp3) is 0.364. The molecule has 0 saturated carbocycles. The van der Waals surface area contributed by atoms with E-state index in [0.29, 0.717) is 33.7 Å². The Hall–Kier alpha value is -2.84. The molecule has 1 aromatic carbocycles. The van der Waals surface area contributed by atoms with E-state index in [1.807, 2.05) is 27.7 Å². The van der Waals surface area contributed by atoms with Crippen molar-refractivity contribution in [3.8, 4) is 0 Å². The van der Waals surface area contributed by atoms with E-state index in [9.17, 15) is 14.4 Å². The largest absolute Gasteiger partial charge is 0.297 e. The van der Waals surface area contributed by atoms with Gasteiger partial charge in [0.15, 0.2) is 0 Å². The predicted octanol–water partition coefficient (Wildman–Crippen LogP) is 3.17. The van der Waals surface area contributed by atoms with E-state index in [1.165, 1.54) is 15.9 Å². The van der Waals surface area contributed by atoms with Crippen LogP contribution in [0, 0.1) is 13.8 Å². The van der Waals surface area contributed by atoms with Crippen molar-refractivity contribution in [2.45, 2.75) is 40.9 Å². The summed E-state index contributed by atoms with van der Waals surface area (Å²) in [5.74, 6) is -0.196. The SMILES string of the molecule is CCN(CC)Cc1nc2sc(C)c(C)c2c(=O)n1CN1C(=O)c2ccccc2C1=O. The first-order chi connectivity index (χ1) is 14.4. The molecule has 3 heterocycles. The van der Waals surface area contributed by atoms with Crippen molar-refractivity contribution >= 4 is 33.4 Å². The molecular formula is C22H24N4O3S. The number of hydrogen-bond donors (Lipinski definition) is 0. The molecular weight excluding hydrogens is 400 g/mol. The minimum Gasteiger partial charge on any atom is -0.297 e. The van der Waals surface area contributed by atoms with Crippen LogP contribution >= 0.6 is 11.3 Å². The Kier molecular flexibility index (Phi) is 5.29. The highest BCUT2D eigenvalue weighted by molar-refractivity contribution is 7.18. The minimum atomic E-state index is -0.380. The van der Waals surface area contributed by atoms with Crippen LogP contribution in [0.25, 0.3) is 10.2 Å². The maximum absolute atomic E-state index is 13.5. The number of carbonyl (C=O) groups excluding carboxylic acids is 2. The number of amides is 2. The highest BCUT2D eigenvalue weighted by Crippen LogP contribution is 2.27. The smallest absolute Gasteiger partial charge is 0.264 e. The lowest BCUT2D eigenvalue weighted by Gasteiger charge is -2.22. The number of aromatic nitrogens is 2. The van der Waals surface area contributed by atoms with Crippen LogP contribution in [0.3, 0.4) is 0 Å². The number of nitrogens with zero attached hydrogens (tertiary/aromatic N) is 4. The molecule has 1 aliphatic rings. The zero-order valence-corrected chi connectivity index (χ0v) is 18.4. The fourth-order valence-corrected chi connectivity index (χ4v) is 4.83. The molecule has 0 radical (unpaired) electrons. The van der Waals surface area contributed by atoms with Gasteiger partial charge in [-0.2, -0.15) is 0 Å². The highest BCUT2D eigenvalue weighted by Gasteiger charge is 2.36. The van der Waals surface area contributed by atoms with Crippen LogP contribution < -0.4 is 5.56 Å². The Balaban J connectivity index is 1.84. The molecule has 3 aromatic rings. The molecule has 1 aliphatic heterocycles. The molecule has 2 amide bonds. The molecule has 0 bridgehead atoms. The third-order valence-electron chi connectivity index (χ3n) is 5.79. The second-order valence-corrected chi connectivity index (χ2v) is 8.61. The van der Waals surface area contributed by atoms with Crippen molar-refractivity contribution in [3.63, 3.8) is 0 Å². The average molecular weight is 425 g/mol. The zero-order valence-electron chi connectivity index (χ0n) is 17.6. The number of thiophene rings is 1. The molecule has 0 atom stereocenters. The topological polar surface area (TPSA) is 75.5 Å².